The highest BCUT2D eigenvalue weighted by molar-refractivity contribution is 9.10. The number of nitrogens with one attached hydrogen (secondary N) is 1. The Kier molecular flexibility index (Phi) is 6.04. The van der Waals surface area contributed by atoms with E-state index >= 15 is 0 Å². The molecule has 1 aromatic heterocycles. The van der Waals surface area contributed by atoms with Gasteiger partial charge in [-0.25, -0.2) is 8.42 Å². The summed E-state index contributed by atoms with van der Waals surface area (Å²) in [6.45, 7) is 0.242. The van der Waals surface area contributed by atoms with Gasteiger partial charge in [0.05, 0.1) is 4.90 Å². The van der Waals surface area contributed by atoms with E-state index in [0.29, 0.717) is 5.02 Å². The first-order chi connectivity index (χ1) is 12.8. The molecule has 27 heavy (non-hydrogen) atoms. The van der Waals surface area contributed by atoms with Gasteiger partial charge in [0.2, 0.25) is 0 Å². The van der Waals surface area contributed by atoms with Crippen LogP contribution in [0.5, 0.6) is 0 Å². The maximum Gasteiger partial charge on any atom is 0.287 e. The number of hydrogen-bond donors (Lipinski definition) is 1. The van der Waals surface area contributed by atoms with Crippen LogP contribution in [0.15, 0.2) is 74.4 Å². The molecule has 0 saturated heterocycles. The summed E-state index contributed by atoms with van der Waals surface area (Å²) in [5, 5.41) is 3.25. The molecule has 140 valence electrons. The summed E-state index contributed by atoms with van der Waals surface area (Å²) < 4.78 is 31.1. The van der Waals surface area contributed by atoms with E-state index < -0.39 is 15.7 Å². The van der Waals surface area contributed by atoms with Gasteiger partial charge >= 0.3 is 0 Å². The lowest BCUT2D eigenvalue weighted by molar-refractivity contribution is 0.0921. The van der Waals surface area contributed by atoms with Crippen LogP contribution in [0.1, 0.15) is 21.9 Å². The second-order valence-corrected chi connectivity index (χ2v) is 9.07. The van der Waals surface area contributed by atoms with E-state index in [4.69, 9.17) is 16.0 Å². The van der Waals surface area contributed by atoms with Gasteiger partial charge in [0, 0.05) is 16.0 Å². The highest BCUT2D eigenvalue weighted by Crippen LogP contribution is 2.21. The summed E-state index contributed by atoms with van der Waals surface area (Å²) in [4.78, 5) is 12.4. The zero-order valence-corrected chi connectivity index (χ0v) is 17.1. The lowest BCUT2D eigenvalue weighted by Gasteiger charge is -2.05. The van der Waals surface area contributed by atoms with E-state index in [9.17, 15) is 13.2 Å². The molecular weight excluding hydrogens is 454 g/mol. The van der Waals surface area contributed by atoms with Crippen LogP contribution in [0, 0.1) is 0 Å². The molecule has 3 aromatic rings. The van der Waals surface area contributed by atoms with Crippen molar-refractivity contribution in [2.24, 2.45) is 0 Å². The monoisotopic (exact) mass is 467 g/mol. The Balaban J connectivity index is 1.66. The molecule has 8 heteroatoms. The van der Waals surface area contributed by atoms with Crippen LogP contribution in [0.25, 0.3) is 0 Å². The molecular formula is C19H15BrClNO4S. The van der Waals surface area contributed by atoms with E-state index in [-0.39, 0.29) is 28.7 Å². The van der Waals surface area contributed by atoms with Gasteiger partial charge < -0.3 is 9.73 Å². The molecule has 0 spiro atoms. The van der Waals surface area contributed by atoms with E-state index in [1.54, 1.807) is 30.3 Å². The van der Waals surface area contributed by atoms with Gasteiger partial charge in [-0.1, -0.05) is 45.7 Å². The molecule has 0 aliphatic carbocycles. The molecule has 0 aliphatic heterocycles. The van der Waals surface area contributed by atoms with Crippen molar-refractivity contribution in [3.05, 3.63) is 87.2 Å². The van der Waals surface area contributed by atoms with E-state index in [0.717, 1.165) is 10.0 Å². The van der Waals surface area contributed by atoms with Crippen LogP contribution in [0.3, 0.4) is 0 Å². The SMILES string of the molecule is O=C(NCc1ccccc1Cl)c1ccc(CS(=O)(=O)c2ccc(Br)cc2)o1. The van der Waals surface area contributed by atoms with Crippen molar-refractivity contribution in [2.45, 2.75) is 17.2 Å². The topological polar surface area (TPSA) is 76.4 Å². The summed E-state index contributed by atoms with van der Waals surface area (Å²) in [7, 11) is -3.57. The quantitative estimate of drug-likeness (QED) is 0.574. The Bertz CT molecular complexity index is 1060. The number of furan rings is 1. The fourth-order valence-electron chi connectivity index (χ4n) is 2.39. The Hall–Kier alpha value is -2.09. The first kappa shape index (κ1) is 19.7. The number of carbonyl (C=O) groups excluding carboxylic acids is 1. The number of hydrogen-bond acceptors (Lipinski definition) is 4. The molecule has 0 atom stereocenters. The fraction of sp³-hybridized carbons (Fsp3) is 0.105. The molecule has 0 bridgehead atoms. The smallest absolute Gasteiger partial charge is 0.287 e. The number of benzene rings is 2. The minimum Gasteiger partial charge on any atom is -0.455 e. The van der Waals surface area contributed by atoms with Crippen molar-refractivity contribution in [3.63, 3.8) is 0 Å². The van der Waals surface area contributed by atoms with Crippen LogP contribution >= 0.6 is 27.5 Å². The molecule has 5 nitrogen and oxygen atoms in total. The van der Waals surface area contributed by atoms with Gasteiger partial charge in [-0.15, -0.1) is 0 Å². The first-order valence-corrected chi connectivity index (χ1v) is 10.8. The van der Waals surface area contributed by atoms with Crippen LogP contribution in [-0.2, 0) is 22.1 Å². The Morgan fingerprint density at radius 2 is 1.74 bits per heavy atom. The summed E-state index contributed by atoms with van der Waals surface area (Å²) in [6, 6.07) is 16.4. The lowest BCUT2D eigenvalue weighted by atomic mass is 10.2. The van der Waals surface area contributed by atoms with Crippen LogP contribution < -0.4 is 5.32 Å². The van der Waals surface area contributed by atoms with Crippen molar-refractivity contribution < 1.29 is 17.6 Å². The summed E-state index contributed by atoms with van der Waals surface area (Å²) in [5.41, 5.74) is 0.775. The van der Waals surface area contributed by atoms with Crippen molar-refractivity contribution in [3.8, 4) is 0 Å². The van der Waals surface area contributed by atoms with Crippen molar-refractivity contribution in [1.29, 1.82) is 0 Å². The second kappa shape index (κ2) is 8.29. The molecule has 1 amide bonds. The fourth-order valence-corrected chi connectivity index (χ4v) is 4.11. The number of halogens is 2. The zero-order valence-electron chi connectivity index (χ0n) is 14.0. The summed E-state index contributed by atoms with van der Waals surface area (Å²) in [6.07, 6.45) is 0. The van der Waals surface area contributed by atoms with Gasteiger partial charge in [-0.2, -0.15) is 0 Å². The average Bonchev–Trinajstić information content (AvgIpc) is 3.09. The maximum atomic E-state index is 12.4. The largest absolute Gasteiger partial charge is 0.455 e. The molecule has 1 heterocycles. The molecule has 1 N–H and O–H groups in total. The van der Waals surface area contributed by atoms with Crippen molar-refractivity contribution in [2.75, 3.05) is 0 Å². The number of carbonyl (C=O) groups is 1. The second-order valence-electron chi connectivity index (χ2n) is 5.75. The average molecular weight is 469 g/mol. The highest BCUT2D eigenvalue weighted by Gasteiger charge is 2.19. The zero-order chi connectivity index (χ0) is 19.4. The van der Waals surface area contributed by atoms with Gasteiger partial charge in [-0.3, -0.25) is 4.79 Å². The first-order valence-electron chi connectivity index (χ1n) is 7.94. The molecule has 0 aliphatic rings. The van der Waals surface area contributed by atoms with Gasteiger partial charge in [-0.05, 0) is 48.0 Å². The molecule has 2 aromatic carbocycles. The van der Waals surface area contributed by atoms with E-state index in [1.807, 2.05) is 6.07 Å². The Morgan fingerprint density at radius 1 is 1.04 bits per heavy atom. The van der Waals surface area contributed by atoms with Gasteiger partial charge in [0.15, 0.2) is 15.6 Å². The molecule has 0 unspecified atom stereocenters. The number of amides is 1. The number of rotatable bonds is 6. The normalized spacial score (nSPS) is 11.3. The van der Waals surface area contributed by atoms with Crippen LogP contribution in [0.2, 0.25) is 5.02 Å². The number of sulfone groups is 1. The summed E-state index contributed by atoms with van der Waals surface area (Å²) >= 11 is 9.32. The van der Waals surface area contributed by atoms with E-state index in [1.165, 1.54) is 24.3 Å². The Labute approximate surface area is 170 Å². The third-order valence-corrected chi connectivity index (χ3v) is 6.34. The predicted molar refractivity (Wildman–Crippen MR) is 106 cm³/mol. The van der Waals surface area contributed by atoms with Crippen molar-refractivity contribution >= 4 is 43.3 Å². The lowest BCUT2D eigenvalue weighted by Crippen LogP contribution is -2.22. The Morgan fingerprint density at radius 3 is 2.44 bits per heavy atom. The van der Waals surface area contributed by atoms with E-state index in [2.05, 4.69) is 21.2 Å². The molecule has 0 radical (unpaired) electrons. The third-order valence-electron chi connectivity index (χ3n) is 3.79. The minimum atomic E-state index is -3.57. The standard InChI is InChI=1S/C19H15BrClNO4S/c20-14-5-8-16(9-6-14)27(24,25)12-15-7-10-18(26-15)19(23)22-11-13-3-1-2-4-17(13)21/h1-10H,11-12H2,(H,22,23). The molecule has 3 rings (SSSR count). The maximum absolute atomic E-state index is 12.4. The van der Waals surface area contributed by atoms with Crippen molar-refractivity contribution in [1.82, 2.24) is 5.32 Å². The minimum absolute atomic E-state index is 0.0445. The summed E-state index contributed by atoms with van der Waals surface area (Å²) in [5.74, 6) is -0.530. The van der Waals surface area contributed by atoms with Gasteiger partial charge in [0.25, 0.3) is 5.91 Å². The van der Waals surface area contributed by atoms with Crippen LogP contribution in [-0.4, -0.2) is 14.3 Å². The van der Waals surface area contributed by atoms with Gasteiger partial charge in [0.1, 0.15) is 11.5 Å². The molecule has 0 fully saturated rings. The predicted octanol–water partition coefficient (Wildman–Crippen LogP) is 4.60. The molecule has 0 saturated carbocycles. The van der Waals surface area contributed by atoms with Crippen LogP contribution in [0.4, 0.5) is 0 Å². The third kappa shape index (κ3) is 5.00. The highest BCUT2D eigenvalue weighted by atomic mass is 79.9.